The minimum absolute atomic E-state index is 0.124. The Labute approximate surface area is 266 Å². The molecule has 8 nitrogen and oxygen atoms in total. The molecule has 1 unspecified atom stereocenters. The van der Waals surface area contributed by atoms with E-state index in [1.54, 1.807) is 35.2 Å². The number of halogens is 2. The number of carboxylic acid groups (broad SMARTS) is 1. The van der Waals surface area contributed by atoms with E-state index in [-0.39, 0.29) is 6.10 Å². The molecule has 4 aromatic rings. The lowest BCUT2D eigenvalue weighted by Crippen LogP contribution is -2.38. The van der Waals surface area contributed by atoms with E-state index >= 15 is 0 Å². The van der Waals surface area contributed by atoms with Gasteiger partial charge in [0.1, 0.15) is 11.5 Å². The number of nitrogens with zero attached hydrogens (tertiary/aromatic N) is 3. The highest BCUT2D eigenvalue weighted by Crippen LogP contribution is 2.48. The van der Waals surface area contributed by atoms with Crippen LogP contribution in [0.15, 0.2) is 39.8 Å². The summed E-state index contributed by atoms with van der Waals surface area (Å²) in [6.07, 6.45) is 5.22. The molecule has 2 aliphatic carbocycles. The summed E-state index contributed by atoms with van der Waals surface area (Å²) in [6.45, 7) is 2.70. The van der Waals surface area contributed by atoms with Crippen LogP contribution in [-0.4, -0.2) is 58.4 Å². The molecule has 1 N–H and O–H groups in total. The quantitative estimate of drug-likeness (QED) is 0.193. The van der Waals surface area contributed by atoms with Gasteiger partial charge in [0, 0.05) is 52.3 Å². The van der Waals surface area contributed by atoms with Crippen LogP contribution in [0.1, 0.15) is 59.7 Å². The maximum absolute atomic E-state index is 11.9. The molecule has 4 fully saturated rings. The summed E-state index contributed by atoms with van der Waals surface area (Å²) in [5.41, 5.74) is 3.52. The van der Waals surface area contributed by atoms with Crippen molar-refractivity contribution in [2.24, 2.45) is 5.92 Å². The highest BCUT2D eigenvalue weighted by atomic mass is 35.5. The molecule has 12 heteroatoms. The van der Waals surface area contributed by atoms with Crippen LogP contribution in [0.3, 0.4) is 0 Å². The second-order valence-electron chi connectivity index (χ2n) is 11.9. The zero-order valence-electron chi connectivity index (χ0n) is 23.1. The molecule has 4 heterocycles. The van der Waals surface area contributed by atoms with Crippen LogP contribution in [0.5, 0.6) is 0 Å². The van der Waals surface area contributed by atoms with Crippen molar-refractivity contribution in [3.63, 3.8) is 0 Å². The topological polar surface area (TPSA) is 97.9 Å². The molecule has 0 amide bonds. The van der Waals surface area contributed by atoms with Gasteiger partial charge in [-0.2, -0.15) is 0 Å². The summed E-state index contributed by atoms with van der Waals surface area (Å²) >= 11 is 16.4. The lowest BCUT2D eigenvalue weighted by Gasteiger charge is -2.31. The third-order valence-electron chi connectivity index (χ3n) is 9.01. The number of piperidine rings is 1. The average molecular weight is 659 g/mol. The predicted octanol–water partition coefficient (Wildman–Crippen LogP) is 7.90. The van der Waals surface area contributed by atoms with E-state index in [9.17, 15) is 9.90 Å². The Morgan fingerprint density at radius 1 is 1.19 bits per heavy atom. The Morgan fingerprint density at radius 3 is 2.72 bits per heavy atom. The molecule has 4 atom stereocenters. The van der Waals surface area contributed by atoms with Gasteiger partial charge in [-0.05, 0) is 56.4 Å². The normalized spacial score (nSPS) is 24.9. The fourth-order valence-corrected chi connectivity index (χ4v) is 9.65. The van der Waals surface area contributed by atoms with E-state index in [2.05, 4.69) is 10.1 Å². The van der Waals surface area contributed by atoms with E-state index < -0.39 is 5.97 Å². The van der Waals surface area contributed by atoms with Crippen molar-refractivity contribution in [3.05, 3.63) is 57.3 Å². The number of rotatable bonds is 9. The van der Waals surface area contributed by atoms with Crippen molar-refractivity contribution in [2.75, 3.05) is 24.7 Å². The first-order chi connectivity index (χ1) is 20.9. The van der Waals surface area contributed by atoms with Gasteiger partial charge < -0.3 is 24.0 Å². The van der Waals surface area contributed by atoms with Crippen LogP contribution in [0, 0.1) is 5.92 Å². The van der Waals surface area contributed by atoms with Gasteiger partial charge in [-0.25, -0.2) is 9.78 Å². The van der Waals surface area contributed by atoms with Gasteiger partial charge in [-0.15, -0.1) is 11.8 Å². The first-order valence-corrected chi connectivity index (χ1v) is 17.1. The predicted molar refractivity (Wildman–Crippen MR) is 168 cm³/mol. The Bertz CT molecular complexity index is 1700. The summed E-state index contributed by atoms with van der Waals surface area (Å²) in [4.78, 5) is 20.3. The lowest BCUT2D eigenvalue weighted by molar-refractivity contribution is 0.0122. The summed E-state index contributed by atoms with van der Waals surface area (Å²) < 4.78 is 18.9. The van der Waals surface area contributed by atoms with Crippen LogP contribution < -0.4 is 4.90 Å². The third kappa shape index (κ3) is 5.23. The van der Waals surface area contributed by atoms with E-state index in [4.69, 9.17) is 42.2 Å². The first-order valence-electron chi connectivity index (χ1n) is 14.7. The number of carboxylic acids is 1. The number of ether oxygens (including phenoxy) is 2. The second-order valence-corrected chi connectivity index (χ2v) is 15.0. The molecule has 8 rings (SSSR count). The van der Waals surface area contributed by atoms with Crippen LogP contribution in [0.25, 0.3) is 21.5 Å². The number of hydrogen-bond acceptors (Lipinski definition) is 9. The van der Waals surface area contributed by atoms with Crippen LogP contribution >= 0.6 is 46.3 Å². The van der Waals surface area contributed by atoms with Gasteiger partial charge in [0.25, 0.3) is 0 Å². The van der Waals surface area contributed by atoms with Gasteiger partial charge in [0.2, 0.25) is 0 Å². The molecule has 224 valence electrons. The molecular formula is C31H29Cl2N3O5S2. The van der Waals surface area contributed by atoms with Crippen molar-refractivity contribution in [3.8, 4) is 11.3 Å². The lowest BCUT2D eigenvalue weighted by atomic mass is 10.0. The molecule has 2 saturated heterocycles. The smallest absolute Gasteiger partial charge is 0.335 e. The molecule has 2 aliphatic heterocycles. The zero-order chi connectivity index (χ0) is 29.2. The van der Waals surface area contributed by atoms with Gasteiger partial charge in [-0.1, -0.05) is 45.8 Å². The molecule has 2 bridgehead atoms. The van der Waals surface area contributed by atoms with E-state index in [0.717, 1.165) is 76.8 Å². The highest BCUT2D eigenvalue weighted by Gasteiger charge is 2.47. The molecule has 0 spiro atoms. The number of carbonyl (C=O) groups is 1. The summed E-state index contributed by atoms with van der Waals surface area (Å²) in [5, 5.41) is 16.5. The van der Waals surface area contributed by atoms with Gasteiger partial charge >= 0.3 is 5.97 Å². The standard InChI is InChI=1S/C31H29Cl2N3O5S2/c32-21-2-1-3-22(33)26(21)27-20(29(41-35-27)15-4-5-15)14-40-23-11-18-8-17(23)12-36(18)31-34-28-24(42-19-6-7-39-13-19)9-16(30(37)38)10-25(28)43-31/h1-3,9-10,15,17-19,23H,4-8,11-14H2,(H,37,38)/t17-,18-,19?,23+/m0/s1. The highest BCUT2D eigenvalue weighted by molar-refractivity contribution is 8.00. The van der Waals surface area contributed by atoms with Gasteiger partial charge in [0.05, 0.1) is 45.1 Å². The van der Waals surface area contributed by atoms with Crippen molar-refractivity contribution < 1.29 is 23.9 Å². The van der Waals surface area contributed by atoms with Crippen molar-refractivity contribution in [2.45, 2.75) is 66.9 Å². The fraction of sp³-hybridized carbons (Fsp3) is 0.452. The number of thioether (sulfide) groups is 1. The third-order valence-corrected chi connectivity index (χ3v) is 11.9. The SMILES string of the molecule is O=C(O)c1cc(SC2CCOC2)c2nc(N3C[C@@H]4C[C@H]3C[C@H]4OCc3c(-c4c(Cl)cccc4Cl)noc3C3CC3)sc2c1. The Hall–Kier alpha value is -2.34. The van der Waals surface area contributed by atoms with Crippen molar-refractivity contribution in [1.29, 1.82) is 0 Å². The average Bonchev–Trinajstić information content (AvgIpc) is 3.48. The van der Waals surface area contributed by atoms with Gasteiger partial charge in [0.15, 0.2) is 5.13 Å². The number of anilines is 1. The van der Waals surface area contributed by atoms with Crippen LogP contribution in [-0.2, 0) is 16.1 Å². The Kier molecular flexibility index (Phi) is 7.35. The van der Waals surface area contributed by atoms with Crippen LogP contribution in [0.4, 0.5) is 5.13 Å². The van der Waals surface area contributed by atoms with Crippen LogP contribution in [0.2, 0.25) is 10.0 Å². The van der Waals surface area contributed by atoms with Crippen molar-refractivity contribution in [1.82, 2.24) is 10.1 Å². The molecule has 4 aliphatic rings. The molecule has 2 saturated carbocycles. The first kappa shape index (κ1) is 28.2. The number of benzene rings is 2. The Morgan fingerprint density at radius 2 is 2.02 bits per heavy atom. The van der Waals surface area contributed by atoms with Gasteiger partial charge in [-0.3, -0.25) is 0 Å². The molecule has 43 heavy (non-hydrogen) atoms. The minimum atomic E-state index is -0.917. The van der Waals surface area contributed by atoms with E-state index in [1.165, 1.54) is 0 Å². The van der Waals surface area contributed by atoms with Crippen molar-refractivity contribution >= 4 is 67.6 Å². The number of hydrogen-bond donors (Lipinski definition) is 1. The molecule has 2 aromatic heterocycles. The molecule has 0 radical (unpaired) electrons. The second kappa shape index (κ2) is 11.2. The Balaban J connectivity index is 1.00. The number of thiazole rings is 1. The number of fused-ring (bicyclic) bond motifs is 3. The molecule has 2 aromatic carbocycles. The maximum atomic E-state index is 11.9. The van der Waals surface area contributed by atoms with E-state index in [1.807, 2.05) is 18.2 Å². The fourth-order valence-electron chi connectivity index (χ4n) is 6.69. The maximum Gasteiger partial charge on any atom is 0.335 e. The van der Waals surface area contributed by atoms with E-state index in [0.29, 0.717) is 63.2 Å². The summed E-state index contributed by atoms with van der Waals surface area (Å²) in [5.74, 6) is 0.734. The summed E-state index contributed by atoms with van der Waals surface area (Å²) in [6, 6.07) is 9.32. The minimum Gasteiger partial charge on any atom is -0.478 e. The zero-order valence-corrected chi connectivity index (χ0v) is 26.3. The molecular weight excluding hydrogens is 629 g/mol. The number of aromatic carboxylic acids is 1. The number of aromatic nitrogens is 2. The monoisotopic (exact) mass is 657 g/mol. The summed E-state index contributed by atoms with van der Waals surface area (Å²) in [7, 11) is 0. The largest absolute Gasteiger partial charge is 0.478 e.